The van der Waals surface area contributed by atoms with Crippen LogP contribution < -0.4 is 5.73 Å². The molecule has 1 atom stereocenters. The maximum Gasteiger partial charge on any atom is 0.178 e. The van der Waals surface area contributed by atoms with Crippen molar-refractivity contribution in [2.75, 3.05) is 24.7 Å². The molecule has 0 bridgehead atoms. The first-order valence-electron chi connectivity index (χ1n) is 5.24. The van der Waals surface area contributed by atoms with E-state index < -0.39 is 9.84 Å². The van der Waals surface area contributed by atoms with Crippen molar-refractivity contribution >= 4 is 15.5 Å². The van der Waals surface area contributed by atoms with Gasteiger partial charge in [0.25, 0.3) is 0 Å². The fourth-order valence-corrected chi connectivity index (χ4v) is 3.42. The van der Waals surface area contributed by atoms with Gasteiger partial charge in [0.05, 0.1) is 17.3 Å². The Bertz CT molecular complexity index is 447. The summed E-state index contributed by atoms with van der Waals surface area (Å²) in [5, 5.41) is 0. The van der Waals surface area contributed by atoms with E-state index in [2.05, 4.69) is 0 Å². The van der Waals surface area contributed by atoms with Gasteiger partial charge in [-0.3, -0.25) is 0 Å². The van der Waals surface area contributed by atoms with Crippen LogP contribution in [0.25, 0.3) is 0 Å². The van der Waals surface area contributed by atoms with Gasteiger partial charge < -0.3 is 10.5 Å². The molecule has 1 fully saturated rings. The number of rotatable bonds is 3. The van der Waals surface area contributed by atoms with Crippen molar-refractivity contribution in [2.24, 2.45) is 5.92 Å². The molecule has 1 aliphatic rings. The summed E-state index contributed by atoms with van der Waals surface area (Å²) in [5.41, 5.74) is 6.09. The van der Waals surface area contributed by atoms with E-state index >= 15 is 0 Å². The fourth-order valence-electron chi connectivity index (χ4n) is 1.80. The zero-order valence-corrected chi connectivity index (χ0v) is 9.74. The molecule has 4 nitrogen and oxygen atoms in total. The maximum atomic E-state index is 12.0. The molecule has 1 aromatic carbocycles. The lowest BCUT2D eigenvalue weighted by atomic mass is 10.2. The topological polar surface area (TPSA) is 69.4 Å². The molecule has 5 heteroatoms. The third-order valence-electron chi connectivity index (χ3n) is 2.72. The quantitative estimate of drug-likeness (QED) is 0.804. The van der Waals surface area contributed by atoms with Crippen molar-refractivity contribution in [3.05, 3.63) is 24.3 Å². The van der Waals surface area contributed by atoms with Crippen molar-refractivity contribution in [3.8, 4) is 0 Å². The Balaban J connectivity index is 2.14. The van der Waals surface area contributed by atoms with Gasteiger partial charge in [-0.25, -0.2) is 8.42 Å². The van der Waals surface area contributed by atoms with Crippen molar-refractivity contribution in [3.63, 3.8) is 0 Å². The SMILES string of the molecule is Nc1ccc(S(=O)(=O)CC2CCOC2)cc1. The van der Waals surface area contributed by atoms with Crippen LogP contribution in [-0.4, -0.2) is 27.4 Å². The third-order valence-corrected chi connectivity index (χ3v) is 4.62. The number of nitrogen functional groups attached to an aromatic ring is 1. The molecule has 1 saturated heterocycles. The molecule has 88 valence electrons. The van der Waals surface area contributed by atoms with E-state index in [1.165, 1.54) is 0 Å². The lowest BCUT2D eigenvalue weighted by Crippen LogP contribution is -2.16. The van der Waals surface area contributed by atoms with Gasteiger partial charge in [0, 0.05) is 12.3 Å². The average molecular weight is 241 g/mol. The molecule has 0 aromatic heterocycles. The predicted octanol–water partition coefficient (Wildman–Crippen LogP) is 1.08. The molecule has 1 aliphatic heterocycles. The zero-order valence-electron chi connectivity index (χ0n) is 8.93. The van der Waals surface area contributed by atoms with E-state index in [1.807, 2.05) is 0 Å². The van der Waals surface area contributed by atoms with Gasteiger partial charge in [-0.05, 0) is 36.6 Å². The minimum absolute atomic E-state index is 0.127. The van der Waals surface area contributed by atoms with E-state index in [4.69, 9.17) is 10.5 Å². The van der Waals surface area contributed by atoms with Crippen LogP contribution in [0.5, 0.6) is 0 Å². The number of nitrogens with two attached hydrogens (primary N) is 1. The Kier molecular flexibility index (Phi) is 3.16. The van der Waals surface area contributed by atoms with E-state index in [9.17, 15) is 8.42 Å². The van der Waals surface area contributed by atoms with Crippen LogP contribution in [0.1, 0.15) is 6.42 Å². The number of hydrogen-bond acceptors (Lipinski definition) is 4. The Morgan fingerprint density at radius 2 is 2.00 bits per heavy atom. The van der Waals surface area contributed by atoms with Crippen LogP contribution in [0, 0.1) is 5.92 Å². The van der Waals surface area contributed by atoms with Crippen molar-refractivity contribution in [1.82, 2.24) is 0 Å². The Labute approximate surface area is 95.3 Å². The Morgan fingerprint density at radius 1 is 1.31 bits per heavy atom. The van der Waals surface area contributed by atoms with Gasteiger partial charge in [-0.15, -0.1) is 0 Å². The van der Waals surface area contributed by atoms with Gasteiger partial charge in [0.1, 0.15) is 0 Å². The number of sulfone groups is 1. The molecule has 1 unspecified atom stereocenters. The number of benzene rings is 1. The molecule has 0 saturated carbocycles. The zero-order chi connectivity index (χ0) is 11.6. The van der Waals surface area contributed by atoms with Gasteiger partial charge in [0.15, 0.2) is 9.84 Å². The van der Waals surface area contributed by atoms with Gasteiger partial charge in [0.2, 0.25) is 0 Å². The molecule has 2 rings (SSSR count). The van der Waals surface area contributed by atoms with Crippen molar-refractivity contribution < 1.29 is 13.2 Å². The summed E-state index contributed by atoms with van der Waals surface area (Å²) in [4.78, 5) is 0.341. The lowest BCUT2D eigenvalue weighted by Gasteiger charge is -2.08. The summed E-state index contributed by atoms with van der Waals surface area (Å²) in [6.07, 6.45) is 0.828. The highest BCUT2D eigenvalue weighted by Crippen LogP contribution is 2.20. The predicted molar refractivity (Wildman–Crippen MR) is 61.8 cm³/mol. The molecule has 0 radical (unpaired) electrons. The van der Waals surface area contributed by atoms with Gasteiger partial charge in [-0.2, -0.15) is 0 Å². The minimum Gasteiger partial charge on any atom is -0.399 e. The molecular formula is C11H15NO3S. The summed E-state index contributed by atoms with van der Waals surface area (Å²) in [7, 11) is -3.20. The van der Waals surface area contributed by atoms with Crippen LogP contribution in [0.3, 0.4) is 0 Å². The van der Waals surface area contributed by atoms with Gasteiger partial charge >= 0.3 is 0 Å². The normalized spacial score (nSPS) is 21.1. The minimum atomic E-state index is -3.20. The highest BCUT2D eigenvalue weighted by atomic mass is 32.2. The van der Waals surface area contributed by atoms with Gasteiger partial charge in [-0.1, -0.05) is 0 Å². The molecule has 16 heavy (non-hydrogen) atoms. The van der Waals surface area contributed by atoms with Crippen LogP contribution in [0.15, 0.2) is 29.2 Å². The summed E-state index contributed by atoms with van der Waals surface area (Å²) < 4.78 is 29.2. The Morgan fingerprint density at radius 3 is 2.56 bits per heavy atom. The first-order valence-corrected chi connectivity index (χ1v) is 6.89. The fraction of sp³-hybridized carbons (Fsp3) is 0.455. The second-order valence-corrected chi connectivity index (χ2v) is 6.11. The molecule has 0 spiro atoms. The first kappa shape index (κ1) is 11.4. The maximum absolute atomic E-state index is 12.0. The highest BCUT2D eigenvalue weighted by Gasteiger charge is 2.24. The molecular weight excluding hydrogens is 226 g/mol. The smallest absolute Gasteiger partial charge is 0.178 e. The van der Waals surface area contributed by atoms with Crippen LogP contribution >= 0.6 is 0 Å². The van der Waals surface area contributed by atoms with Crippen LogP contribution in [0.4, 0.5) is 5.69 Å². The average Bonchev–Trinajstić information content (AvgIpc) is 2.70. The second-order valence-electron chi connectivity index (χ2n) is 4.08. The summed E-state index contributed by atoms with van der Waals surface area (Å²) in [6.45, 7) is 1.22. The Hall–Kier alpha value is -1.07. The largest absolute Gasteiger partial charge is 0.399 e. The summed E-state index contributed by atoms with van der Waals surface area (Å²) >= 11 is 0. The highest BCUT2D eigenvalue weighted by molar-refractivity contribution is 7.91. The molecule has 0 aliphatic carbocycles. The van der Waals surface area contributed by atoms with E-state index in [1.54, 1.807) is 24.3 Å². The molecule has 2 N–H and O–H groups in total. The van der Waals surface area contributed by atoms with Crippen molar-refractivity contribution in [1.29, 1.82) is 0 Å². The molecule has 1 heterocycles. The number of anilines is 1. The molecule has 1 aromatic rings. The first-order chi connectivity index (χ1) is 7.58. The van der Waals surface area contributed by atoms with Crippen LogP contribution in [0.2, 0.25) is 0 Å². The van der Waals surface area contributed by atoms with E-state index in [-0.39, 0.29) is 11.7 Å². The standard InChI is InChI=1S/C11H15NO3S/c12-10-1-3-11(4-2-10)16(13,14)8-9-5-6-15-7-9/h1-4,9H,5-8,12H2. The van der Waals surface area contributed by atoms with Crippen LogP contribution in [-0.2, 0) is 14.6 Å². The molecule has 0 amide bonds. The van der Waals surface area contributed by atoms with E-state index in [0.29, 0.717) is 23.8 Å². The third kappa shape index (κ3) is 2.54. The summed E-state index contributed by atoms with van der Waals surface area (Å²) in [6, 6.07) is 6.33. The summed E-state index contributed by atoms with van der Waals surface area (Å²) in [5.74, 6) is 0.291. The second kappa shape index (κ2) is 4.43. The monoisotopic (exact) mass is 241 g/mol. The number of ether oxygens (including phenoxy) is 1. The van der Waals surface area contributed by atoms with Crippen molar-refractivity contribution in [2.45, 2.75) is 11.3 Å². The lowest BCUT2D eigenvalue weighted by molar-refractivity contribution is 0.188. The number of hydrogen-bond donors (Lipinski definition) is 1. The van der Waals surface area contributed by atoms with E-state index in [0.717, 1.165) is 6.42 Å².